The number of likely N-dealkylation sites (tertiary alicyclic amines) is 1. The van der Waals surface area contributed by atoms with Crippen molar-refractivity contribution in [3.8, 4) is 11.5 Å². The van der Waals surface area contributed by atoms with Crippen molar-refractivity contribution in [2.24, 2.45) is 0 Å². The first kappa shape index (κ1) is 22.0. The molecule has 7 heteroatoms. The molecule has 0 aromatic heterocycles. The van der Waals surface area contributed by atoms with Crippen LogP contribution in [0.2, 0.25) is 0 Å². The van der Waals surface area contributed by atoms with Gasteiger partial charge in [-0.25, -0.2) is 12.8 Å². The summed E-state index contributed by atoms with van der Waals surface area (Å²) in [4.78, 5) is 14.6. The predicted octanol–water partition coefficient (Wildman–Crippen LogP) is 4.63. The third-order valence-corrected chi connectivity index (χ3v) is 7.78. The van der Waals surface area contributed by atoms with Gasteiger partial charge in [0, 0.05) is 19.5 Å². The fraction of sp³-hybridized carbons (Fsp3) is 0.240. The van der Waals surface area contributed by atoms with Gasteiger partial charge in [-0.15, -0.1) is 0 Å². The van der Waals surface area contributed by atoms with E-state index in [0.717, 1.165) is 5.56 Å². The molecule has 1 unspecified atom stereocenters. The summed E-state index contributed by atoms with van der Waals surface area (Å²) in [7, 11) is -3.44. The fourth-order valence-corrected chi connectivity index (χ4v) is 5.54. The number of carbonyl (C=O) groups is 1. The highest BCUT2D eigenvalue weighted by atomic mass is 32.2. The number of carbonyl (C=O) groups excluding carboxylic acids is 1. The summed E-state index contributed by atoms with van der Waals surface area (Å²) in [5, 5.41) is -0.568. The van der Waals surface area contributed by atoms with Crippen molar-refractivity contribution >= 4 is 15.7 Å². The minimum atomic E-state index is -3.44. The summed E-state index contributed by atoms with van der Waals surface area (Å²) in [6.45, 7) is 0.674. The quantitative estimate of drug-likeness (QED) is 0.524. The summed E-state index contributed by atoms with van der Waals surface area (Å²) in [5.41, 5.74) is 0.936. The average molecular weight is 454 g/mol. The minimum Gasteiger partial charge on any atom is -0.457 e. The lowest BCUT2D eigenvalue weighted by Gasteiger charge is -2.17. The van der Waals surface area contributed by atoms with Crippen molar-refractivity contribution in [1.82, 2.24) is 4.90 Å². The second-order valence-electron chi connectivity index (χ2n) is 7.81. The Morgan fingerprint density at radius 3 is 2.47 bits per heavy atom. The number of hydrogen-bond acceptors (Lipinski definition) is 4. The largest absolute Gasteiger partial charge is 0.457 e. The van der Waals surface area contributed by atoms with Crippen molar-refractivity contribution < 1.29 is 22.3 Å². The van der Waals surface area contributed by atoms with Gasteiger partial charge in [0.05, 0.1) is 10.1 Å². The number of halogens is 1. The second kappa shape index (κ2) is 9.53. The molecule has 1 amide bonds. The Hall–Kier alpha value is -3.19. The first-order valence-electron chi connectivity index (χ1n) is 10.5. The van der Waals surface area contributed by atoms with Crippen molar-refractivity contribution in [3.05, 3.63) is 90.2 Å². The van der Waals surface area contributed by atoms with E-state index in [-0.39, 0.29) is 24.7 Å². The molecule has 166 valence electrons. The van der Waals surface area contributed by atoms with Gasteiger partial charge in [0.1, 0.15) is 17.3 Å². The average Bonchev–Trinajstić information content (AvgIpc) is 3.31. The smallest absolute Gasteiger partial charge is 0.222 e. The van der Waals surface area contributed by atoms with Crippen molar-refractivity contribution in [2.75, 3.05) is 13.1 Å². The number of benzene rings is 3. The molecule has 1 heterocycles. The van der Waals surface area contributed by atoms with Crippen LogP contribution in [0.1, 0.15) is 18.4 Å². The summed E-state index contributed by atoms with van der Waals surface area (Å²) < 4.78 is 44.4. The molecular formula is C25H24FNO4S. The molecule has 0 aliphatic carbocycles. The molecule has 1 atom stereocenters. The van der Waals surface area contributed by atoms with Crippen LogP contribution in [0, 0.1) is 5.82 Å². The third kappa shape index (κ3) is 5.16. The molecule has 0 saturated carbocycles. The van der Waals surface area contributed by atoms with Gasteiger partial charge in [-0.2, -0.15) is 0 Å². The number of nitrogens with zero attached hydrogens (tertiary/aromatic N) is 1. The third-order valence-electron chi connectivity index (χ3n) is 5.58. The molecule has 1 fully saturated rings. The van der Waals surface area contributed by atoms with Gasteiger partial charge >= 0.3 is 0 Å². The van der Waals surface area contributed by atoms with E-state index in [9.17, 15) is 17.6 Å². The predicted molar refractivity (Wildman–Crippen MR) is 120 cm³/mol. The fourth-order valence-electron chi connectivity index (χ4n) is 3.82. The van der Waals surface area contributed by atoms with Gasteiger partial charge in [-0.1, -0.05) is 30.3 Å². The summed E-state index contributed by atoms with van der Waals surface area (Å²) >= 11 is 0. The lowest BCUT2D eigenvalue weighted by atomic mass is 10.1. The van der Waals surface area contributed by atoms with Gasteiger partial charge in [0.25, 0.3) is 0 Å². The lowest BCUT2D eigenvalue weighted by Crippen LogP contribution is -2.32. The molecule has 3 aromatic rings. The summed E-state index contributed by atoms with van der Waals surface area (Å²) in [5.74, 6) is 0.755. The van der Waals surface area contributed by atoms with Crippen LogP contribution in [0.5, 0.6) is 11.5 Å². The monoisotopic (exact) mass is 453 g/mol. The number of aryl methyl sites for hydroxylation is 1. The van der Waals surface area contributed by atoms with Crippen LogP contribution in [-0.4, -0.2) is 37.6 Å². The van der Waals surface area contributed by atoms with Crippen molar-refractivity contribution in [3.63, 3.8) is 0 Å². The number of rotatable bonds is 7. The van der Waals surface area contributed by atoms with Crippen molar-refractivity contribution in [2.45, 2.75) is 29.4 Å². The van der Waals surface area contributed by atoms with Crippen LogP contribution in [0.25, 0.3) is 0 Å². The van der Waals surface area contributed by atoms with Crippen LogP contribution in [0.4, 0.5) is 4.39 Å². The standard InChI is InChI=1S/C25H24FNO4S/c26-20-10-12-21(13-11-20)31-22-6-4-5-19(17-22)9-14-25(28)27-16-15-24(18-27)32(29,30)23-7-2-1-3-8-23/h1-8,10-13,17,24H,9,14-16,18H2. The van der Waals surface area contributed by atoms with E-state index in [2.05, 4.69) is 0 Å². The molecule has 3 aromatic carbocycles. The van der Waals surface area contributed by atoms with Crippen molar-refractivity contribution in [1.29, 1.82) is 0 Å². The van der Waals surface area contributed by atoms with E-state index in [4.69, 9.17) is 4.74 Å². The maximum Gasteiger partial charge on any atom is 0.222 e. The van der Waals surface area contributed by atoms with Crippen LogP contribution in [-0.2, 0) is 21.1 Å². The van der Waals surface area contributed by atoms with Gasteiger partial charge in [0.15, 0.2) is 9.84 Å². The Morgan fingerprint density at radius 1 is 0.969 bits per heavy atom. The van der Waals surface area contributed by atoms with Gasteiger partial charge in [-0.05, 0) is 66.9 Å². The van der Waals surface area contributed by atoms with E-state index < -0.39 is 15.1 Å². The maximum absolute atomic E-state index is 13.0. The number of amides is 1. The van der Waals surface area contributed by atoms with Gasteiger partial charge in [0.2, 0.25) is 5.91 Å². The molecule has 1 saturated heterocycles. The van der Waals surface area contributed by atoms with E-state index in [1.807, 2.05) is 18.2 Å². The topological polar surface area (TPSA) is 63.7 Å². The Morgan fingerprint density at radius 2 is 1.72 bits per heavy atom. The molecular weight excluding hydrogens is 429 g/mol. The molecule has 32 heavy (non-hydrogen) atoms. The maximum atomic E-state index is 13.0. The number of hydrogen-bond donors (Lipinski definition) is 0. The van der Waals surface area contributed by atoms with Gasteiger partial charge in [-0.3, -0.25) is 4.79 Å². The van der Waals surface area contributed by atoms with Crippen LogP contribution < -0.4 is 4.74 Å². The molecule has 4 rings (SSSR count). The Kier molecular flexibility index (Phi) is 6.55. The Labute approximate surface area is 187 Å². The summed E-state index contributed by atoms with van der Waals surface area (Å²) in [6, 6.07) is 21.6. The zero-order chi connectivity index (χ0) is 22.6. The SMILES string of the molecule is O=C(CCc1cccc(Oc2ccc(F)cc2)c1)N1CCC(S(=O)(=O)c2ccccc2)C1. The van der Waals surface area contributed by atoms with E-state index >= 15 is 0 Å². The molecule has 0 radical (unpaired) electrons. The first-order valence-corrected chi connectivity index (χ1v) is 12.1. The molecule has 0 N–H and O–H groups in total. The highest BCUT2D eigenvalue weighted by molar-refractivity contribution is 7.92. The van der Waals surface area contributed by atoms with Crippen LogP contribution in [0.15, 0.2) is 83.8 Å². The molecule has 0 spiro atoms. The molecule has 5 nitrogen and oxygen atoms in total. The van der Waals surface area contributed by atoms with Gasteiger partial charge < -0.3 is 9.64 Å². The molecule has 0 bridgehead atoms. The highest BCUT2D eigenvalue weighted by Gasteiger charge is 2.35. The zero-order valence-corrected chi connectivity index (χ0v) is 18.3. The normalized spacial score (nSPS) is 16.2. The molecule has 1 aliphatic heterocycles. The lowest BCUT2D eigenvalue weighted by molar-refractivity contribution is -0.130. The second-order valence-corrected chi connectivity index (χ2v) is 10.0. The zero-order valence-electron chi connectivity index (χ0n) is 17.5. The minimum absolute atomic E-state index is 0.0550. The van der Waals surface area contributed by atoms with Crippen LogP contribution in [0.3, 0.4) is 0 Å². The Bertz CT molecular complexity index is 1180. The van der Waals surface area contributed by atoms with Crippen LogP contribution >= 0.6 is 0 Å². The van der Waals surface area contributed by atoms with E-state index in [1.54, 1.807) is 53.4 Å². The highest BCUT2D eigenvalue weighted by Crippen LogP contribution is 2.26. The van der Waals surface area contributed by atoms with E-state index in [1.165, 1.54) is 12.1 Å². The first-order chi connectivity index (χ1) is 15.4. The number of sulfone groups is 1. The number of ether oxygens (including phenoxy) is 1. The summed E-state index contributed by atoms with van der Waals surface area (Å²) in [6.07, 6.45) is 1.26. The van der Waals surface area contributed by atoms with E-state index in [0.29, 0.717) is 35.8 Å². The Balaban J connectivity index is 1.33. The molecule has 1 aliphatic rings.